The molecule has 10 heteroatoms. The summed E-state index contributed by atoms with van der Waals surface area (Å²) in [5.41, 5.74) is -1.40. The molecule has 1 aromatic carbocycles. The van der Waals surface area contributed by atoms with Crippen molar-refractivity contribution in [1.29, 1.82) is 0 Å². The molecule has 1 aliphatic rings. The van der Waals surface area contributed by atoms with Gasteiger partial charge in [-0.3, -0.25) is 9.78 Å². The minimum absolute atomic E-state index is 0.0826. The largest absolute Gasteiger partial charge is 0.434 e. The van der Waals surface area contributed by atoms with Crippen molar-refractivity contribution >= 4 is 11.6 Å². The molecule has 0 radical (unpaired) electrons. The Morgan fingerprint density at radius 1 is 1.31 bits per heavy atom. The molecule has 1 aliphatic heterocycles. The number of halogens is 4. The van der Waals surface area contributed by atoms with E-state index in [0.29, 0.717) is 31.5 Å². The van der Waals surface area contributed by atoms with Gasteiger partial charge >= 0.3 is 6.18 Å². The third kappa shape index (κ3) is 4.14. The zero-order chi connectivity index (χ0) is 18.7. The minimum atomic E-state index is -4.72. The molecule has 0 unspecified atom stereocenters. The van der Waals surface area contributed by atoms with Crippen LogP contribution >= 0.6 is 0 Å². The summed E-state index contributed by atoms with van der Waals surface area (Å²) in [7, 11) is 0. The lowest BCUT2D eigenvalue weighted by atomic mass is 10.1. The number of carbonyl (C=O) groups is 1. The molecule has 0 spiro atoms. The van der Waals surface area contributed by atoms with Crippen molar-refractivity contribution in [2.75, 3.05) is 25.0 Å². The molecular weight excluding hydrogens is 356 g/mol. The predicted molar refractivity (Wildman–Crippen MR) is 82.9 cm³/mol. The van der Waals surface area contributed by atoms with Crippen LogP contribution in [0.4, 0.5) is 23.2 Å². The highest BCUT2D eigenvalue weighted by molar-refractivity contribution is 6.02. The number of hydrogen-bond acceptors (Lipinski definition) is 5. The second-order valence-electron chi connectivity index (χ2n) is 5.54. The van der Waals surface area contributed by atoms with Crippen molar-refractivity contribution in [2.45, 2.75) is 12.3 Å². The lowest BCUT2D eigenvalue weighted by Gasteiger charge is -2.24. The van der Waals surface area contributed by atoms with Crippen LogP contribution in [0.15, 0.2) is 30.6 Å². The molecule has 3 rings (SSSR count). The summed E-state index contributed by atoms with van der Waals surface area (Å²) in [6.07, 6.45) is -3.74. The molecule has 0 saturated carbocycles. The van der Waals surface area contributed by atoms with E-state index in [1.807, 2.05) is 0 Å². The van der Waals surface area contributed by atoms with Gasteiger partial charge in [0.15, 0.2) is 5.69 Å². The normalized spacial score (nSPS) is 17.8. The molecule has 0 aliphatic carbocycles. The van der Waals surface area contributed by atoms with Crippen LogP contribution in [-0.4, -0.2) is 35.6 Å². The maximum absolute atomic E-state index is 14.3. The summed E-state index contributed by atoms with van der Waals surface area (Å²) in [4.78, 5) is 18.7. The highest BCUT2D eigenvalue weighted by Gasteiger charge is 2.33. The van der Waals surface area contributed by atoms with Crippen LogP contribution in [-0.2, 0) is 10.9 Å². The van der Waals surface area contributed by atoms with Gasteiger partial charge in [-0.15, -0.1) is 0 Å². The van der Waals surface area contributed by atoms with Crippen molar-refractivity contribution in [3.8, 4) is 0 Å². The molecule has 1 amide bonds. The second kappa shape index (κ2) is 7.34. The average molecular weight is 370 g/mol. The minimum Gasteiger partial charge on any atom is -0.371 e. The number of nitrogens with one attached hydrogen (secondary N) is 2. The van der Waals surface area contributed by atoms with Crippen LogP contribution < -0.4 is 10.6 Å². The molecule has 6 nitrogen and oxygen atoms in total. The van der Waals surface area contributed by atoms with Gasteiger partial charge in [0, 0.05) is 24.3 Å². The Morgan fingerprint density at radius 2 is 2.12 bits per heavy atom. The molecule has 2 aromatic rings. The lowest BCUT2D eigenvalue weighted by molar-refractivity contribution is -0.141. The van der Waals surface area contributed by atoms with Crippen molar-refractivity contribution in [2.24, 2.45) is 0 Å². The zero-order valence-electron chi connectivity index (χ0n) is 13.3. The SMILES string of the molecule is O=C(Nc1ccc([C@H]2CNCCO2)c(F)c1)c1cncc(C(F)(F)F)n1. The van der Waals surface area contributed by atoms with E-state index < -0.39 is 35.4 Å². The van der Waals surface area contributed by atoms with Gasteiger partial charge < -0.3 is 15.4 Å². The van der Waals surface area contributed by atoms with Gasteiger partial charge in [-0.2, -0.15) is 13.2 Å². The topological polar surface area (TPSA) is 76.1 Å². The number of rotatable bonds is 3. The van der Waals surface area contributed by atoms with Crippen LogP contribution in [0.3, 0.4) is 0 Å². The van der Waals surface area contributed by atoms with E-state index >= 15 is 0 Å². The number of aromatic nitrogens is 2. The monoisotopic (exact) mass is 370 g/mol. The molecule has 2 heterocycles. The maximum atomic E-state index is 14.3. The Hall–Kier alpha value is -2.59. The van der Waals surface area contributed by atoms with Crippen LogP contribution in [0.5, 0.6) is 0 Å². The van der Waals surface area contributed by atoms with E-state index in [0.717, 1.165) is 12.3 Å². The number of amides is 1. The first-order valence-electron chi connectivity index (χ1n) is 7.67. The highest BCUT2D eigenvalue weighted by atomic mass is 19.4. The van der Waals surface area contributed by atoms with Crippen LogP contribution in [0.1, 0.15) is 27.8 Å². The number of anilines is 1. The fourth-order valence-corrected chi connectivity index (χ4v) is 2.44. The van der Waals surface area contributed by atoms with Gasteiger partial charge in [-0.1, -0.05) is 6.07 Å². The molecular formula is C16H14F4N4O2. The summed E-state index contributed by atoms with van der Waals surface area (Å²) in [6, 6.07) is 3.97. The van der Waals surface area contributed by atoms with E-state index in [9.17, 15) is 22.4 Å². The quantitative estimate of drug-likeness (QED) is 0.813. The van der Waals surface area contributed by atoms with Crippen molar-refractivity contribution in [1.82, 2.24) is 15.3 Å². The summed E-state index contributed by atoms with van der Waals surface area (Å²) < 4.78 is 57.6. The van der Waals surface area contributed by atoms with E-state index in [4.69, 9.17) is 4.74 Å². The van der Waals surface area contributed by atoms with Crippen molar-refractivity contribution < 1.29 is 27.1 Å². The number of nitrogens with zero attached hydrogens (tertiary/aromatic N) is 2. The maximum Gasteiger partial charge on any atom is 0.434 e. The first kappa shape index (κ1) is 18.2. The zero-order valence-corrected chi connectivity index (χ0v) is 13.3. The number of hydrogen-bond donors (Lipinski definition) is 2. The Morgan fingerprint density at radius 3 is 2.77 bits per heavy atom. The molecule has 1 fully saturated rings. The van der Waals surface area contributed by atoms with E-state index in [1.165, 1.54) is 12.1 Å². The Bertz CT molecular complexity index is 807. The molecule has 1 aromatic heterocycles. The van der Waals surface area contributed by atoms with Gasteiger partial charge in [0.1, 0.15) is 11.5 Å². The van der Waals surface area contributed by atoms with Crippen LogP contribution in [0.25, 0.3) is 0 Å². The predicted octanol–water partition coefficient (Wildman–Crippen LogP) is 2.55. The van der Waals surface area contributed by atoms with Crippen molar-refractivity contribution in [3.05, 3.63) is 53.4 Å². The Balaban J connectivity index is 1.74. The summed E-state index contributed by atoms with van der Waals surface area (Å²) in [6.45, 7) is 1.60. The van der Waals surface area contributed by atoms with Crippen molar-refractivity contribution in [3.63, 3.8) is 0 Å². The summed E-state index contributed by atoms with van der Waals surface area (Å²) in [5, 5.41) is 5.38. The molecule has 1 atom stereocenters. The molecule has 1 saturated heterocycles. The van der Waals surface area contributed by atoms with E-state index in [-0.39, 0.29) is 5.69 Å². The average Bonchev–Trinajstić information content (AvgIpc) is 2.62. The van der Waals surface area contributed by atoms with Gasteiger partial charge in [-0.05, 0) is 12.1 Å². The lowest BCUT2D eigenvalue weighted by Crippen LogP contribution is -2.33. The van der Waals surface area contributed by atoms with Crippen LogP contribution in [0, 0.1) is 5.82 Å². The highest BCUT2D eigenvalue weighted by Crippen LogP contribution is 2.27. The Kier molecular flexibility index (Phi) is 5.14. The molecule has 0 bridgehead atoms. The fourth-order valence-electron chi connectivity index (χ4n) is 2.44. The van der Waals surface area contributed by atoms with Gasteiger partial charge in [0.25, 0.3) is 5.91 Å². The Labute approximate surface area is 145 Å². The van der Waals surface area contributed by atoms with E-state index in [2.05, 4.69) is 20.6 Å². The molecule has 26 heavy (non-hydrogen) atoms. The number of benzene rings is 1. The van der Waals surface area contributed by atoms with Crippen LogP contribution in [0.2, 0.25) is 0 Å². The fraction of sp³-hybridized carbons (Fsp3) is 0.312. The summed E-state index contributed by atoms with van der Waals surface area (Å²) in [5.74, 6) is -1.52. The first-order valence-corrected chi connectivity index (χ1v) is 7.67. The molecule has 2 N–H and O–H groups in total. The first-order chi connectivity index (χ1) is 12.3. The number of alkyl halides is 3. The second-order valence-corrected chi connectivity index (χ2v) is 5.54. The number of carbonyl (C=O) groups excluding carboxylic acids is 1. The smallest absolute Gasteiger partial charge is 0.371 e. The van der Waals surface area contributed by atoms with Gasteiger partial charge in [-0.25, -0.2) is 9.37 Å². The number of morpholine rings is 1. The van der Waals surface area contributed by atoms with E-state index in [1.54, 1.807) is 0 Å². The standard InChI is InChI=1S/C16H14F4N4O2/c17-11-5-9(1-2-10(11)13-7-21-3-4-26-13)23-15(25)12-6-22-8-14(24-12)16(18,19)20/h1-2,5-6,8,13,21H,3-4,7H2,(H,23,25)/t13-/m1/s1. The number of ether oxygens (including phenoxy) is 1. The van der Waals surface area contributed by atoms with Gasteiger partial charge in [0.2, 0.25) is 0 Å². The van der Waals surface area contributed by atoms with Gasteiger partial charge in [0.05, 0.1) is 25.1 Å². The third-order valence-electron chi connectivity index (χ3n) is 3.69. The summed E-state index contributed by atoms with van der Waals surface area (Å²) >= 11 is 0. The molecule has 138 valence electrons. The third-order valence-corrected chi connectivity index (χ3v) is 3.69.